The van der Waals surface area contributed by atoms with E-state index in [4.69, 9.17) is 11.6 Å². The first-order valence-corrected chi connectivity index (χ1v) is 5.07. The van der Waals surface area contributed by atoms with Crippen molar-refractivity contribution in [3.8, 4) is 5.75 Å². The average molecular weight is 211 g/mol. The van der Waals surface area contributed by atoms with Crippen molar-refractivity contribution < 1.29 is 9.90 Å². The second-order valence-electron chi connectivity index (χ2n) is 3.62. The Bertz CT molecular complexity index is 374. The van der Waals surface area contributed by atoms with Gasteiger partial charge in [0, 0.05) is 12.3 Å². The minimum absolute atomic E-state index is 0.00639. The first-order chi connectivity index (χ1) is 6.68. The third kappa shape index (κ3) is 1.62. The number of rotatable bonds is 1. The fourth-order valence-electron chi connectivity index (χ4n) is 1.91. The predicted octanol–water partition coefficient (Wildman–Crippen LogP) is 2.88. The quantitative estimate of drug-likeness (QED) is 0.774. The van der Waals surface area contributed by atoms with E-state index in [1.165, 1.54) is 0 Å². The van der Waals surface area contributed by atoms with Crippen LogP contribution in [0, 0.1) is 0 Å². The number of Topliss-reactive ketones (excluding diaryl/α,β-unsaturated/α-hetero) is 1. The molecule has 1 atom stereocenters. The summed E-state index contributed by atoms with van der Waals surface area (Å²) in [7, 11) is 0. The molecule has 0 radical (unpaired) electrons. The Morgan fingerprint density at radius 1 is 1.43 bits per heavy atom. The normalized spacial score (nSPS) is 21.5. The van der Waals surface area contributed by atoms with Gasteiger partial charge in [0.2, 0.25) is 0 Å². The predicted molar refractivity (Wildman–Crippen MR) is 54.7 cm³/mol. The topological polar surface area (TPSA) is 37.3 Å². The van der Waals surface area contributed by atoms with Gasteiger partial charge in [0.25, 0.3) is 0 Å². The molecule has 1 saturated carbocycles. The molecule has 1 aromatic rings. The third-order valence-corrected chi connectivity index (χ3v) is 2.98. The van der Waals surface area contributed by atoms with Crippen molar-refractivity contribution in [2.24, 2.45) is 0 Å². The number of ketones is 1. The van der Waals surface area contributed by atoms with E-state index in [0.717, 1.165) is 18.4 Å². The number of benzene rings is 1. The Morgan fingerprint density at radius 3 is 2.79 bits per heavy atom. The summed E-state index contributed by atoms with van der Waals surface area (Å²) >= 11 is 5.78. The van der Waals surface area contributed by atoms with Crippen molar-refractivity contribution in [2.75, 3.05) is 0 Å². The first-order valence-electron chi connectivity index (χ1n) is 4.69. The standard InChI is InChI=1S/C11H11ClO2/c12-9-6-7(4-5-11(9)14)8-2-1-3-10(8)13/h4-6,8,14H,1-3H2. The minimum Gasteiger partial charge on any atom is -0.506 e. The molecular formula is C11H11ClO2. The van der Waals surface area contributed by atoms with Gasteiger partial charge in [-0.1, -0.05) is 17.7 Å². The van der Waals surface area contributed by atoms with Crippen molar-refractivity contribution in [3.05, 3.63) is 28.8 Å². The number of halogens is 1. The number of hydrogen-bond acceptors (Lipinski definition) is 2. The lowest BCUT2D eigenvalue weighted by molar-refractivity contribution is -0.118. The lowest BCUT2D eigenvalue weighted by atomic mass is 9.97. The van der Waals surface area contributed by atoms with Gasteiger partial charge in [0.05, 0.1) is 5.02 Å². The van der Waals surface area contributed by atoms with Crippen LogP contribution >= 0.6 is 11.6 Å². The zero-order valence-corrected chi connectivity index (χ0v) is 8.42. The van der Waals surface area contributed by atoms with Crippen molar-refractivity contribution >= 4 is 17.4 Å². The molecule has 1 fully saturated rings. The van der Waals surface area contributed by atoms with Crippen LogP contribution in [0.2, 0.25) is 5.02 Å². The summed E-state index contributed by atoms with van der Waals surface area (Å²) in [5.41, 5.74) is 0.926. The summed E-state index contributed by atoms with van der Waals surface area (Å²) in [5.74, 6) is 0.348. The maximum Gasteiger partial charge on any atom is 0.140 e. The van der Waals surface area contributed by atoms with Crippen LogP contribution in [0.5, 0.6) is 5.75 Å². The van der Waals surface area contributed by atoms with Crippen LogP contribution in [-0.4, -0.2) is 10.9 Å². The third-order valence-electron chi connectivity index (χ3n) is 2.68. The Labute approximate surface area is 87.5 Å². The zero-order valence-electron chi connectivity index (χ0n) is 7.66. The molecule has 3 heteroatoms. The van der Waals surface area contributed by atoms with Crippen LogP contribution in [0.25, 0.3) is 0 Å². The molecule has 2 rings (SSSR count). The molecule has 1 unspecified atom stereocenters. The van der Waals surface area contributed by atoms with E-state index in [-0.39, 0.29) is 17.5 Å². The first kappa shape index (κ1) is 9.53. The van der Waals surface area contributed by atoms with Gasteiger partial charge in [-0.15, -0.1) is 0 Å². The smallest absolute Gasteiger partial charge is 0.140 e. The number of phenols is 1. The lowest BCUT2D eigenvalue weighted by Crippen LogP contribution is -2.03. The molecule has 0 amide bonds. The molecule has 1 aliphatic rings. The van der Waals surface area contributed by atoms with Crippen LogP contribution in [0.15, 0.2) is 18.2 Å². The molecule has 0 aliphatic heterocycles. The van der Waals surface area contributed by atoms with Crippen LogP contribution in [-0.2, 0) is 4.79 Å². The van der Waals surface area contributed by atoms with Gasteiger partial charge in [-0.05, 0) is 30.5 Å². The van der Waals surface area contributed by atoms with E-state index >= 15 is 0 Å². The monoisotopic (exact) mass is 210 g/mol. The van der Waals surface area contributed by atoms with Crippen molar-refractivity contribution in [1.29, 1.82) is 0 Å². The molecule has 74 valence electrons. The maximum absolute atomic E-state index is 11.5. The van der Waals surface area contributed by atoms with Gasteiger partial charge in [-0.3, -0.25) is 4.79 Å². The molecule has 0 spiro atoms. The van der Waals surface area contributed by atoms with Crippen molar-refractivity contribution in [3.63, 3.8) is 0 Å². The molecule has 14 heavy (non-hydrogen) atoms. The Hall–Kier alpha value is -1.02. The number of phenolic OH excluding ortho intramolecular Hbond substituents is 1. The molecule has 1 aliphatic carbocycles. The molecule has 0 saturated heterocycles. The average Bonchev–Trinajstić information content (AvgIpc) is 2.57. The number of hydrogen-bond donors (Lipinski definition) is 1. The van der Waals surface area contributed by atoms with Crippen LogP contribution in [0.4, 0.5) is 0 Å². The highest BCUT2D eigenvalue weighted by molar-refractivity contribution is 6.32. The summed E-state index contributed by atoms with van der Waals surface area (Å²) in [4.78, 5) is 11.5. The Kier molecular flexibility index (Phi) is 2.46. The summed E-state index contributed by atoms with van der Waals surface area (Å²) in [5, 5.41) is 9.56. The van der Waals surface area contributed by atoms with Crippen LogP contribution in [0.3, 0.4) is 0 Å². The van der Waals surface area contributed by atoms with E-state index in [2.05, 4.69) is 0 Å². The number of aromatic hydroxyl groups is 1. The second kappa shape index (κ2) is 3.62. The fourth-order valence-corrected chi connectivity index (χ4v) is 2.10. The van der Waals surface area contributed by atoms with Crippen LogP contribution < -0.4 is 0 Å². The van der Waals surface area contributed by atoms with Crippen molar-refractivity contribution in [1.82, 2.24) is 0 Å². The van der Waals surface area contributed by atoms with Gasteiger partial charge in [-0.25, -0.2) is 0 Å². The summed E-state index contributed by atoms with van der Waals surface area (Å²) in [6, 6.07) is 5.00. The minimum atomic E-state index is -0.00639. The summed E-state index contributed by atoms with van der Waals surface area (Å²) in [6.45, 7) is 0. The van der Waals surface area contributed by atoms with E-state index in [1.807, 2.05) is 0 Å². The van der Waals surface area contributed by atoms with Gasteiger partial charge in [0.1, 0.15) is 11.5 Å². The zero-order chi connectivity index (χ0) is 10.1. The molecular weight excluding hydrogens is 200 g/mol. The highest BCUT2D eigenvalue weighted by atomic mass is 35.5. The molecule has 2 nitrogen and oxygen atoms in total. The molecule has 1 aromatic carbocycles. The van der Waals surface area contributed by atoms with Gasteiger partial charge >= 0.3 is 0 Å². The van der Waals surface area contributed by atoms with Gasteiger partial charge in [0.15, 0.2) is 0 Å². The summed E-state index contributed by atoms with van der Waals surface area (Å²) in [6.07, 6.45) is 2.53. The van der Waals surface area contributed by atoms with Gasteiger partial charge in [-0.2, -0.15) is 0 Å². The molecule has 0 aromatic heterocycles. The molecule has 1 N–H and O–H groups in total. The fraction of sp³-hybridized carbons (Fsp3) is 0.364. The highest BCUT2D eigenvalue weighted by Crippen LogP contribution is 2.34. The molecule has 0 heterocycles. The summed E-state index contributed by atoms with van der Waals surface area (Å²) < 4.78 is 0. The highest BCUT2D eigenvalue weighted by Gasteiger charge is 2.26. The largest absolute Gasteiger partial charge is 0.506 e. The lowest BCUT2D eigenvalue weighted by Gasteiger charge is -2.08. The van der Waals surface area contributed by atoms with Crippen molar-refractivity contribution in [2.45, 2.75) is 25.2 Å². The Balaban J connectivity index is 2.32. The van der Waals surface area contributed by atoms with E-state index in [1.54, 1.807) is 18.2 Å². The van der Waals surface area contributed by atoms with Crippen LogP contribution in [0.1, 0.15) is 30.7 Å². The number of carbonyl (C=O) groups excluding carboxylic acids is 1. The van der Waals surface area contributed by atoms with Gasteiger partial charge < -0.3 is 5.11 Å². The van der Waals surface area contributed by atoms with E-state index < -0.39 is 0 Å². The SMILES string of the molecule is O=C1CCCC1c1ccc(O)c(Cl)c1. The maximum atomic E-state index is 11.5. The second-order valence-corrected chi connectivity index (χ2v) is 4.03. The molecule has 0 bridgehead atoms. The Morgan fingerprint density at radius 2 is 2.21 bits per heavy atom. The van der Waals surface area contributed by atoms with E-state index in [0.29, 0.717) is 11.4 Å². The van der Waals surface area contributed by atoms with E-state index in [9.17, 15) is 9.90 Å². The number of carbonyl (C=O) groups is 1.